The molecule has 0 bridgehead atoms. The van der Waals surface area contributed by atoms with Gasteiger partial charge in [0.2, 0.25) is 0 Å². The molecule has 0 saturated carbocycles. The SMILES string of the molecule is C=C(C)C(=O)OCCNC(=O)OCCN(CCOC(=O)NCCOC(=O)C(=C)C)c1ccc2c(c1)oc1cc(N(CC)CCCCCCN(CC)c3ccc4c(c3)oc3cc(N(CCOC(=O)NCCOC(=O)C(=C)C)CCOC(=O)NCCOC(=O)C(=C)C)ccc3[c+]4-c3ccccc3S(=O)(=O)O)ccc1[c+]2-c1ccccc1S(=O)(=O)O. The second-order valence-electron chi connectivity index (χ2n) is 27.1. The molecule has 2 aromatic heterocycles. The minimum Gasteiger partial charge on any atom is -0.460 e. The minimum atomic E-state index is -4.78. The summed E-state index contributed by atoms with van der Waals surface area (Å²) in [5, 5.41) is 12.1. The molecule has 0 atom stereocenters. The van der Waals surface area contributed by atoms with E-state index in [9.17, 15) is 64.3 Å². The molecule has 0 aliphatic carbocycles. The van der Waals surface area contributed by atoms with Crippen molar-refractivity contribution in [1.82, 2.24) is 21.3 Å². The van der Waals surface area contributed by atoms with Gasteiger partial charge in [-0.3, -0.25) is 9.11 Å². The normalized spacial score (nSPS) is 11.2. The number of unbranched alkanes of at least 4 members (excludes halogenated alkanes) is 3. The van der Waals surface area contributed by atoms with Crippen molar-refractivity contribution in [2.75, 3.05) is 151 Å². The Morgan fingerprint density at radius 2 is 0.610 bits per heavy atom. The van der Waals surface area contributed by atoms with E-state index in [2.05, 4.69) is 57.4 Å². The van der Waals surface area contributed by atoms with Crippen molar-refractivity contribution in [1.29, 1.82) is 0 Å². The van der Waals surface area contributed by atoms with Crippen LogP contribution in [0.25, 0.3) is 66.1 Å². The highest BCUT2D eigenvalue weighted by atomic mass is 32.2. The summed E-state index contributed by atoms with van der Waals surface area (Å²) in [4.78, 5) is 106. The number of ether oxygens (including phenoxy) is 8. The van der Waals surface area contributed by atoms with Gasteiger partial charge in [0.1, 0.15) is 62.6 Å². The molecule has 0 aliphatic heterocycles. The molecule has 0 unspecified atom stereocenters. The van der Waals surface area contributed by atoms with Gasteiger partial charge in [0.25, 0.3) is 0 Å². The molecule has 0 radical (unpaired) electrons. The number of anilines is 4. The summed E-state index contributed by atoms with van der Waals surface area (Å²) < 4.78 is 129. The van der Waals surface area contributed by atoms with Crippen LogP contribution in [0.4, 0.5) is 41.9 Å². The summed E-state index contributed by atoms with van der Waals surface area (Å²) in [6.45, 7) is 25.5. The molecule has 6 N–H and O–H groups in total. The van der Waals surface area contributed by atoms with Gasteiger partial charge in [0.05, 0.1) is 119 Å². The first-order valence-electron chi connectivity index (χ1n) is 38.1. The Hall–Kier alpha value is -12.4. The van der Waals surface area contributed by atoms with Crippen molar-refractivity contribution < 1.29 is 111 Å². The summed E-state index contributed by atoms with van der Waals surface area (Å²) in [7, 11) is -9.55. The third-order valence-corrected chi connectivity index (χ3v) is 20.1. The van der Waals surface area contributed by atoms with Crippen molar-refractivity contribution in [2.24, 2.45) is 0 Å². The number of alkyl carbamates (subject to hydrolysis) is 4. The van der Waals surface area contributed by atoms with E-state index in [4.69, 9.17) is 46.7 Å². The van der Waals surface area contributed by atoms with Gasteiger partial charge in [-0.05, 0) is 151 Å². The lowest BCUT2D eigenvalue weighted by molar-refractivity contribution is -0.139. The fraction of sp³-hybridized carbons (Fsp3) is 0.357. The molecule has 8 aromatic rings. The van der Waals surface area contributed by atoms with Crippen LogP contribution in [-0.2, 0) is 77.3 Å². The lowest BCUT2D eigenvalue weighted by Gasteiger charge is -2.25. The summed E-state index contributed by atoms with van der Waals surface area (Å²) in [6, 6.07) is 33.9. The third kappa shape index (κ3) is 26.6. The van der Waals surface area contributed by atoms with Gasteiger partial charge < -0.3 is 87.6 Å². The second kappa shape index (κ2) is 44.1. The number of benzene rings is 6. The monoisotopic (exact) mass is 1670 g/mol. The summed E-state index contributed by atoms with van der Waals surface area (Å²) in [5.41, 5.74) is 6.07. The Labute approximate surface area is 684 Å². The van der Waals surface area contributed by atoms with E-state index in [1.54, 1.807) is 70.5 Å². The predicted molar refractivity (Wildman–Crippen MR) is 446 cm³/mol. The maximum absolute atomic E-state index is 13.1. The fourth-order valence-corrected chi connectivity index (χ4v) is 13.8. The summed E-state index contributed by atoms with van der Waals surface area (Å²) in [5.74, 6) is -2.47. The Balaban J connectivity index is 1.01. The molecule has 2 heterocycles. The predicted octanol–water partition coefficient (Wildman–Crippen LogP) is 12.8. The van der Waals surface area contributed by atoms with Gasteiger partial charge in [-0.25, -0.2) is 38.4 Å². The Morgan fingerprint density at radius 1 is 0.356 bits per heavy atom. The molecule has 630 valence electrons. The number of carbonyl (C=O) groups is 8. The quantitative estimate of drug-likeness (QED) is 0.00393. The lowest BCUT2D eigenvalue weighted by Crippen LogP contribution is -2.36. The Bertz CT molecular complexity index is 4850. The zero-order valence-electron chi connectivity index (χ0n) is 66.8. The molecular weight excluding hydrogens is 1570 g/mol. The van der Waals surface area contributed by atoms with Crippen molar-refractivity contribution in [3.63, 3.8) is 0 Å². The average molecular weight is 1670 g/mol. The number of amides is 4. The molecular formula is C84H100N8O24S2+2. The van der Waals surface area contributed by atoms with Crippen LogP contribution in [-0.4, -0.2) is 206 Å². The van der Waals surface area contributed by atoms with Gasteiger partial charge >= 0.3 is 68.5 Å². The number of fused-ring (bicyclic) bond motifs is 4. The summed E-state index contributed by atoms with van der Waals surface area (Å²) in [6.07, 6.45) is 0.0717. The molecule has 6 aromatic carbocycles. The van der Waals surface area contributed by atoms with Gasteiger partial charge in [0, 0.05) is 72.7 Å². The molecule has 0 aliphatic rings. The first-order chi connectivity index (χ1) is 56.4. The van der Waals surface area contributed by atoms with Crippen LogP contribution in [0, 0.1) is 0 Å². The maximum Gasteiger partial charge on any atom is 0.407 e. The minimum absolute atomic E-state index is 0.0448. The van der Waals surface area contributed by atoms with Crippen LogP contribution in [0.3, 0.4) is 0 Å². The first kappa shape index (κ1) is 91.1. The zero-order chi connectivity index (χ0) is 85.6. The van der Waals surface area contributed by atoms with Crippen LogP contribution in [0.2, 0.25) is 0 Å². The van der Waals surface area contributed by atoms with E-state index in [-0.39, 0.29) is 148 Å². The maximum atomic E-state index is 13.1. The number of nitrogens with zero attached hydrogens (tertiary/aromatic N) is 4. The molecule has 34 heteroatoms. The number of rotatable bonds is 45. The highest BCUT2D eigenvalue weighted by molar-refractivity contribution is 7.86. The van der Waals surface area contributed by atoms with E-state index in [1.807, 2.05) is 50.2 Å². The second-order valence-corrected chi connectivity index (χ2v) is 29.9. The van der Waals surface area contributed by atoms with E-state index in [0.717, 1.165) is 37.1 Å². The van der Waals surface area contributed by atoms with Gasteiger partial charge in [-0.1, -0.05) is 39.2 Å². The number of carbonyl (C=O) groups excluding carboxylic acids is 8. The lowest BCUT2D eigenvalue weighted by atomic mass is 9.96. The number of nitrogens with one attached hydrogen (secondary N) is 4. The third-order valence-electron chi connectivity index (χ3n) is 18.3. The van der Waals surface area contributed by atoms with Crippen LogP contribution < -0.4 is 40.9 Å². The van der Waals surface area contributed by atoms with E-state index >= 15 is 0 Å². The van der Waals surface area contributed by atoms with Crippen molar-refractivity contribution >= 4 is 135 Å². The number of esters is 4. The topological polar surface area (TPSA) is 406 Å². The molecule has 0 fully saturated rings. The highest BCUT2D eigenvalue weighted by Gasteiger charge is 2.30. The van der Waals surface area contributed by atoms with Crippen LogP contribution in [0.15, 0.2) is 189 Å². The molecule has 32 nitrogen and oxygen atoms in total. The number of hydrogen-bond acceptors (Lipinski definition) is 26. The molecule has 0 spiro atoms. The first-order valence-corrected chi connectivity index (χ1v) is 41.0. The molecule has 0 saturated heterocycles. The van der Waals surface area contributed by atoms with Gasteiger partial charge in [0.15, 0.2) is 22.3 Å². The van der Waals surface area contributed by atoms with Crippen LogP contribution in [0.5, 0.6) is 0 Å². The van der Waals surface area contributed by atoms with E-state index in [0.29, 0.717) is 92.6 Å². The zero-order valence-corrected chi connectivity index (χ0v) is 68.5. The standard InChI is InChI=1S/C84H98N8O24S2/c1-11-89(59-25-29-63-69(51-59)115-71-53-61(27-31-65(71)75(63)67-21-15-17-23-73(67)117(101,102)103)91(39-47-111-81(97)85-33-43-107-77(93)55(3)4)40-48-112-82(98)86-34-44-108-78(94)56(5)6)37-19-13-14-20-38-90(12-2)60-26-30-64-70(52-60)116-72-54-62(28-32-66(72)76(64)68-22-16-18-24-74(68)118(104,105)106)92(41-49-113-83(99)87-35-45-109-79(95)57(7)8)42-50-114-84(100)88-36-46-110-80(96)58(9)10/h15-18,21-32,51-54H,3,5,7,9,11-14,19-20,33-50H2,1-2,4,6,8,10H3,(H4-2,85,86,87,88,97,98,99,100,101,102,103,104,105,106)/p+2. The molecule has 118 heavy (non-hydrogen) atoms. The highest BCUT2D eigenvalue weighted by Crippen LogP contribution is 2.44. The van der Waals surface area contributed by atoms with Crippen molar-refractivity contribution in [3.8, 4) is 22.3 Å². The smallest absolute Gasteiger partial charge is 0.407 e. The van der Waals surface area contributed by atoms with E-state index < -0.39 is 68.5 Å². The Kier molecular flexibility index (Phi) is 34.0. The average Bonchev–Trinajstić information content (AvgIpc) is 0.747. The van der Waals surface area contributed by atoms with Crippen molar-refractivity contribution in [2.45, 2.75) is 77.0 Å². The van der Waals surface area contributed by atoms with Crippen LogP contribution in [0.1, 0.15) is 67.2 Å². The molecule has 8 rings (SSSR count). The molecule has 4 amide bonds. The van der Waals surface area contributed by atoms with Crippen molar-refractivity contribution in [3.05, 3.63) is 170 Å². The van der Waals surface area contributed by atoms with E-state index in [1.165, 1.54) is 52.0 Å². The fourth-order valence-electron chi connectivity index (χ4n) is 12.4. The van der Waals surface area contributed by atoms with Crippen LogP contribution >= 0.6 is 0 Å². The van der Waals surface area contributed by atoms with Gasteiger partial charge in [-0.15, -0.1) is 0 Å². The summed E-state index contributed by atoms with van der Waals surface area (Å²) >= 11 is 0. The Morgan fingerprint density at radius 3 is 0.856 bits per heavy atom. The largest absolute Gasteiger partial charge is 0.460 e. The number of hydrogen-bond donors (Lipinski definition) is 6. The van der Waals surface area contributed by atoms with Gasteiger partial charge in [-0.2, -0.15) is 16.8 Å².